The standard InChI is InChI=1S/C17H19BrN2O4/c18-12-3-1-2-11(8-12)15(22)19-10-14(21)20-6-4-17(5-7-20)9-13(17)16(23)24/h1-3,8,13H,4-7,9-10H2,(H,19,22)(H,23,24). The van der Waals surface area contributed by atoms with Gasteiger partial charge in [0.15, 0.2) is 0 Å². The van der Waals surface area contributed by atoms with Gasteiger partial charge in [-0.2, -0.15) is 0 Å². The van der Waals surface area contributed by atoms with Gasteiger partial charge in [-0.3, -0.25) is 14.4 Å². The predicted octanol–water partition coefficient (Wildman–Crippen LogP) is 1.89. The number of carboxylic acid groups (broad SMARTS) is 1. The highest BCUT2D eigenvalue weighted by molar-refractivity contribution is 9.10. The van der Waals surface area contributed by atoms with Crippen molar-refractivity contribution < 1.29 is 19.5 Å². The van der Waals surface area contributed by atoms with Crippen molar-refractivity contribution in [1.82, 2.24) is 10.2 Å². The van der Waals surface area contributed by atoms with Gasteiger partial charge in [0.1, 0.15) is 0 Å². The van der Waals surface area contributed by atoms with Crippen LogP contribution in [0.1, 0.15) is 29.6 Å². The number of hydrogen-bond acceptors (Lipinski definition) is 3. The fourth-order valence-electron chi connectivity index (χ4n) is 3.45. The number of nitrogens with one attached hydrogen (secondary N) is 1. The van der Waals surface area contributed by atoms with Gasteiger partial charge in [0.2, 0.25) is 5.91 Å². The van der Waals surface area contributed by atoms with Crippen LogP contribution in [-0.4, -0.2) is 47.4 Å². The second kappa shape index (κ2) is 6.55. The number of carbonyl (C=O) groups is 3. The lowest BCUT2D eigenvalue weighted by Gasteiger charge is -2.32. The minimum absolute atomic E-state index is 0.0410. The predicted molar refractivity (Wildman–Crippen MR) is 90.5 cm³/mol. The average Bonchev–Trinajstić information content (AvgIpc) is 3.27. The summed E-state index contributed by atoms with van der Waals surface area (Å²) >= 11 is 3.31. The minimum atomic E-state index is -0.726. The average molecular weight is 395 g/mol. The molecule has 7 heteroatoms. The van der Waals surface area contributed by atoms with Gasteiger partial charge in [-0.15, -0.1) is 0 Å². The molecule has 2 aliphatic rings. The van der Waals surface area contributed by atoms with E-state index in [-0.39, 0.29) is 29.7 Å². The van der Waals surface area contributed by atoms with E-state index >= 15 is 0 Å². The summed E-state index contributed by atoms with van der Waals surface area (Å²) in [6.45, 7) is 1.09. The summed E-state index contributed by atoms with van der Waals surface area (Å²) in [5.74, 6) is -1.38. The molecule has 1 spiro atoms. The highest BCUT2D eigenvalue weighted by atomic mass is 79.9. The van der Waals surface area contributed by atoms with E-state index in [1.54, 1.807) is 23.1 Å². The Bertz CT molecular complexity index is 683. The fourth-order valence-corrected chi connectivity index (χ4v) is 3.85. The lowest BCUT2D eigenvalue weighted by atomic mass is 9.91. The number of likely N-dealkylation sites (tertiary alicyclic amines) is 1. The molecule has 1 aromatic carbocycles. The Morgan fingerprint density at radius 1 is 1.29 bits per heavy atom. The summed E-state index contributed by atoms with van der Waals surface area (Å²) in [5, 5.41) is 11.7. The molecule has 1 aliphatic heterocycles. The lowest BCUT2D eigenvalue weighted by Crippen LogP contribution is -2.45. The molecule has 1 aromatic rings. The maximum Gasteiger partial charge on any atom is 0.307 e. The molecule has 3 rings (SSSR count). The van der Waals surface area contributed by atoms with Crippen LogP contribution in [0.4, 0.5) is 0 Å². The monoisotopic (exact) mass is 394 g/mol. The Morgan fingerprint density at radius 3 is 2.58 bits per heavy atom. The Morgan fingerprint density at radius 2 is 2.00 bits per heavy atom. The molecule has 128 valence electrons. The van der Waals surface area contributed by atoms with Gasteiger partial charge >= 0.3 is 5.97 Å². The highest BCUT2D eigenvalue weighted by Crippen LogP contribution is 2.59. The zero-order chi connectivity index (χ0) is 17.3. The van der Waals surface area contributed by atoms with Crippen molar-refractivity contribution in [3.05, 3.63) is 34.3 Å². The van der Waals surface area contributed by atoms with Gasteiger partial charge in [-0.1, -0.05) is 22.0 Å². The van der Waals surface area contributed by atoms with Gasteiger partial charge in [0.25, 0.3) is 5.91 Å². The van der Waals surface area contributed by atoms with E-state index in [1.807, 2.05) is 6.07 Å². The molecule has 1 atom stereocenters. The Balaban J connectivity index is 1.47. The molecule has 0 radical (unpaired) electrons. The normalized spacial score (nSPS) is 21.4. The van der Waals surface area contributed by atoms with Crippen molar-refractivity contribution in [2.24, 2.45) is 11.3 Å². The molecule has 2 fully saturated rings. The number of rotatable bonds is 4. The highest BCUT2D eigenvalue weighted by Gasteiger charge is 2.59. The SMILES string of the molecule is O=C(NCC(=O)N1CCC2(CC1)CC2C(=O)O)c1cccc(Br)c1. The van der Waals surface area contributed by atoms with E-state index in [1.165, 1.54) is 0 Å². The second-order valence-electron chi connectivity index (χ2n) is 6.53. The number of halogens is 1. The van der Waals surface area contributed by atoms with Gasteiger partial charge < -0.3 is 15.3 Å². The number of piperidine rings is 1. The Hall–Kier alpha value is -1.89. The van der Waals surface area contributed by atoms with Crippen LogP contribution in [-0.2, 0) is 9.59 Å². The van der Waals surface area contributed by atoms with E-state index in [0.717, 1.165) is 23.7 Å². The third kappa shape index (κ3) is 3.45. The van der Waals surface area contributed by atoms with Crippen LogP contribution in [0.15, 0.2) is 28.7 Å². The molecule has 1 saturated carbocycles. The molecule has 1 heterocycles. The molecule has 0 bridgehead atoms. The molecule has 0 aromatic heterocycles. The number of nitrogens with zero attached hydrogens (tertiary/aromatic N) is 1. The Labute approximate surface area is 148 Å². The van der Waals surface area contributed by atoms with Gasteiger partial charge in [0.05, 0.1) is 12.5 Å². The van der Waals surface area contributed by atoms with Gasteiger partial charge in [0, 0.05) is 23.1 Å². The zero-order valence-corrected chi connectivity index (χ0v) is 14.7. The van der Waals surface area contributed by atoms with E-state index in [9.17, 15) is 14.4 Å². The molecule has 1 aliphatic carbocycles. The third-order valence-corrected chi connectivity index (χ3v) is 5.58. The van der Waals surface area contributed by atoms with Crippen LogP contribution >= 0.6 is 15.9 Å². The molecule has 1 saturated heterocycles. The number of benzene rings is 1. The first-order valence-corrected chi connectivity index (χ1v) is 8.75. The van der Waals surface area contributed by atoms with Crippen LogP contribution in [0.2, 0.25) is 0 Å². The zero-order valence-electron chi connectivity index (χ0n) is 13.1. The summed E-state index contributed by atoms with van der Waals surface area (Å²) in [4.78, 5) is 37.0. The first-order chi connectivity index (χ1) is 11.4. The third-order valence-electron chi connectivity index (χ3n) is 5.09. The summed E-state index contributed by atoms with van der Waals surface area (Å²) in [6, 6.07) is 6.98. The van der Waals surface area contributed by atoms with Crippen LogP contribution in [0.25, 0.3) is 0 Å². The summed E-state index contributed by atoms with van der Waals surface area (Å²) in [6.07, 6.45) is 2.19. The van der Waals surface area contributed by atoms with Crippen LogP contribution in [0.3, 0.4) is 0 Å². The van der Waals surface area contributed by atoms with E-state index < -0.39 is 5.97 Å². The van der Waals surface area contributed by atoms with E-state index in [0.29, 0.717) is 18.7 Å². The molecule has 1 unspecified atom stereocenters. The number of aliphatic carboxylic acids is 1. The summed E-state index contributed by atoms with van der Waals surface area (Å²) < 4.78 is 0.806. The van der Waals surface area contributed by atoms with Crippen molar-refractivity contribution in [2.75, 3.05) is 19.6 Å². The van der Waals surface area contributed by atoms with Crippen LogP contribution in [0, 0.1) is 11.3 Å². The van der Waals surface area contributed by atoms with Crippen molar-refractivity contribution in [2.45, 2.75) is 19.3 Å². The lowest BCUT2D eigenvalue weighted by molar-refractivity contribution is -0.139. The van der Waals surface area contributed by atoms with E-state index in [2.05, 4.69) is 21.2 Å². The molecular weight excluding hydrogens is 376 g/mol. The topological polar surface area (TPSA) is 86.7 Å². The first-order valence-electron chi connectivity index (χ1n) is 7.96. The molecule has 2 amide bonds. The molecule has 24 heavy (non-hydrogen) atoms. The molecule has 6 nitrogen and oxygen atoms in total. The summed E-state index contributed by atoms with van der Waals surface area (Å²) in [5.41, 5.74) is 0.402. The first kappa shape index (κ1) is 17.0. The number of hydrogen-bond donors (Lipinski definition) is 2. The number of carbonyl (C=O) groups excluding carboxylic acids is 2. The van der Waals surface area contributed by atoms with Crippen molar-refractivity contribution in [1.29, 1.82) is 0 Å². The largest absolute Gasteiger partial charge is 0.481 e. The number of carboxylic acids is 1. The fraction of sp³-hybridized carbons (Fsp3) is 0.471. The smallest absolute Gasteiger partial charge is 0.307 e. The maximum absolute atomic E-state index is 12.2. The Kier molecular flexibility index (Phi) is 4.62. The quantitative estimate of drug-likeness (QED) is 0.816. The van der Waals surface area contributed by atoms with Crippen molar-refractivity contribution in [3.63, 3.8) is 0 Å². The van der Waals surface area contributed by atoms with Gasteiger partial charge in [-0.05, 0) is 42.9 Å². The second-order valence-corrected chi connectivity index (χ2v) is 7.45. The van der Waals surface area contributed by atoms with Crippen LogP contribution in [0.5, 0.6) is 0 Å². The minimum Gasteiger partial charge on any atom is -0.481 e. The van der Waals surface area contributed by atoms with Crippen LogP contribution < -0.4 is 5.32 Å². The van der Waals surface area contributed by atoms with Crippen molar-refractivity contribution >= 4 is 33.7 Å². The molecule has 2 N–H and O–H groups in total. The van der Waals surface area contributed by atoms with Crippen molar-refractivity contribution in [3.8, 4) is 0 Å². The maximum atomic E-state index is 12.2. The molecular formula is C17H19BrN2O4. The number of amides is 2. The van der Waals surface area contributed by atoms with E-state index in [4.69, 9.17) is 5.11 Å². The van der Waals surface area contributed by atoms with Gasteiger partial charge in [-0.25, -0.2) is 0 Å². The summed E-state index contributed by atoms with van der Waals surface area (Å²) in [7, 11) is 0.